The lowest BCUT2D eigenvalue weighted by atomic mass is 10.2. The van der Waals surface area contributed by atoms with Crippen LogP contribution in [0.5, 0.6) is 0 Å². The summed E-state index contributed by atoms with van der Waals surface area (Å²) in [5.74, 6) is 0.0280. The van der Waals surface area contributed by atoms with Crippen molar-refractivity contribution in [1.29, 1.82) is 0 Å². The molecule has 0 aliphatic carbocycles. The van der Waals surface area contributed by atoms with Gasteiger partial charge in [-0.15, -0.1) is 0 Å². The molecule has 2 aromatic heterocycles. The molecule has 3 aromatic rings. The second-order valence-electron chi connectivity index (χ2n) is 4.01. The van der Waals surface area contributed by atoms with Crippen LogP contribution in [0.25, 0.3) is 11.5 Å². The Balaban J connectivity index is 1.76. The first-order valence-electron chi connectivity index (χ1n) is 5.80. The SMILES string of the molecule is O=C(Nc1ccc(F)cc1)c1cc(-c2ccco2)on1. The van der Waals surface area contributed by atoms with Crippen molar-refractivity contribution in [1.82, 2.24) is 5.16 Å². The van der Waals surface area contributed by atoms with Crippen LogP contribution >= 0.6 is 0 Å². The third-order valence-corrected chi connectivity index (χ3v) is 2.61. The number of halogens is 1. The molecule has 0 atom stereocenters. The molecule has 2 heterocycles. The summed E-state index contributed by atoms with van der Waals surface area (Å²) in [7, 11) is 0. The van der Waals surface area contributed by atoms with Gasteiger partial charge in [-0.05, 0) is 36.4 Å². The number of rotatable bonds is 3. The largest absolute Gasteiger partial charge is 0.461 e. The van der Waals surface area contributed by atoms with Gasteiger partial charge in [0.05, 0.1) is 6.26 Å². The number of nitrogens with zero attached hydrogens (tertiary/aromatic N) is 1. The van der Waals surface area contributed by atoms with Gasteiger partial charge in [0.1, 0.15) is 5.82 Å². The van der Waals surface area contributed by atoms with E-state index in [0.717, 1.165) is 0 Å². The predicted octanol–water partition coefficient (Wildman–Crippen LogP) is 3.33. The monoisotopic (exact) mass is 272 g/mol. The Kier molecular flexibility index (Phi) is 3.04. The molecule has 1 N–H and O–H groups in total. The number of carbonyl (C=O) groups excluding carboxylic acids is 1. The maximum absolute atomic E-state index is 12.8. The number of anilines is 1. The average molecular weight is 272 g/mol. The van der Waals surface area contributed by atoms with Gasteiger partial charge in [-0.1, -0.05) is 5.16 Å². The highest BCUT2D eigenvalue weighted by Crippen LogP contribution is 2.21. The number of amides is 1. The number of hydrogen-bond acceptors (Lipinski definition) is 4. The molecule has 100 valence electrons. The van der Waals surface area contributed by atoms with Crippen LogP contribution in [-0.4, -0.2) is 11.1 Å². The van der Waals surface area contributed by atoms with E-state index in [9.17, 15) is 9.18 Å². The van der Waals surface area contributed by atoms with Crippen molar-refractivity contribution in [3.63, 3.8) is 0 Å². The van der Waals surface area contributed by atoms with Gasteiger partial charge in [-0.25, -0.2) is 4.39 Å². The summed E-state index contributed by atoms with van der Waals surface area (Å²) in [6.45, 7) is 0. The number of benzene rings is 1. The van der Waals surface area contributed by atoms with E-state index in [1.165, 1.54) is 36.6 Å². The van der Waals surface area contributed by atoms with Crippen LogP contribution in [0.3, 0.4) is 0 Å². The lowest BCUT2D eigenvalue weighted by Crippen LogP contribution is -2.12. The van der Waals surface area contributed by atoms with Gasteiger partial charge in [0.2, 0.25) is 5.76 Å². The van der Waals surface area contributed by atoms with E-state index in [4.69, 9.17) is 8.94 Å². The summed E-state index contributed by atoms with van der Waals surface area (Å²) in [4.78, 5) is 11.9. The van der Waals surface area contributed by atoms with Gasteiger partial charge < -0.3 is 14.3 Å². The molecular weight excluding hydrogens is 263 g/mol. The maximum Gasteiger partial charge on any atom is 0.277 e. The highest BCUT2D eigenvalue weighted by molar-refractivity contribution is 6.03. The lowest BCUT2D eigenvalue weighted by Gasteiger charge is -2.01. The van der Waals surface area contributed by atoms with Crippen LogP contribution in [0.2, 0.25) is 0 Å². The molecule has 0 aliphatic heterocycles. The van der Waals surface area contributed by atoms with Gasteiger partial charge in [0, 0.05) is 11.8 Å². The summed E-state index contributed by atoms with van der Waals surface area (Å²) >= 11 is 0. The molecule has 6 heteroatoms. The molecule has 0 radical (unpaired) electrons. The molecule has 0 aliphatic rings. The summed E-state index contributed by atoms with van der Waals surface area (Å²) < 4.78 is 22.9. The van der Waals surface area contributed by atoms with Gasteiger partial charge in [-0.3, -0.25) is 4.79 Å². The van der Waals surface area contributed by atoms with Crippen molar-refractivity contribution < 1.29 is 18.1 Å². The Morgan fingerprint density at radius 2 is 1.95 bits per heavy atom. The molecule has 0 spiro atoms. The Morgan fingerprint density at radius 1 is 1.15 bits per heavy atom. The van der Waals surface area contributed by atoms with Crippen LogP contribution in [0.15, 0.2) is 57.7 Å². The van der Waals surface area contributed by atoms with Crippen LogP contribution < -0.4 is 5.32 Å². The van der Waals surface area contributed by atoms with Crippen LogP contribution in [-0.2, 0) is 0 Å². The highest BCUT2D eigenvalue weighted by atomic mass is 19.1. The molecule has 0 fully saturated rings. The first kappa shape index (κ1) is 12.2. The Morgan fingerprint density at radius 3 is 2.65 bits per heavy atom. The fourth-order valence-corrected chi connectivity index (χ4v) is 1.65. The molecule has 1 aromatic carbocycles. The number of carbonyl (C=O) groups is 1. The molecule has 0 saturated heterocycles. The van der Waals surface area contributed by atoms with E-state index < -0.39 is 5.91 Å². The van der Waals surface area contributed by atoms with Crippen LogP contribution in [0.4, 0.5) is 10.1 Å². The van der Waals surface area contributed by atoms with Crippen molar-refractivity contribution >= 4 is 11.6 Å². The zero-order valence-electron chi connectivity index (χ0n) is 10.2. The number of nitrogens with one attached hydrogen (secondary N) is 1. The van der Waals surface area contributed by atoms with Crippen LogP contribution in [0.1, 0.15) is 10.5 Å². The molecule has 0 bridgehead atoms. The quantitative estimate of drug-likeness (QED) is 0.794. The Bertz CT molecular complexity index is 717. The molecule has 0 unspecified atom stereocenters. The van der Waals surface area contributed by atoms with Crippen molar-refractivity contribution in [3.05, 3.63) is 60.2 Å². The predicted molar refractivity (Wildman–Crippen MR) is 68.6 cm³/mol. The van der Waals surface area contributed by atoms with Gasteiger partial charge in [-0.2, -0.15) is 0 Å². The second kappa shape index (κ2) is 5.00. The van der Waals surface area contributed by atoms with E-state index in [-0.39, 0.29) is 11.5 Å². The van der Waals surface area contributed by atoms with E-state index in [2.05, 4.69) is 10.5 Å². The van der Waals surface area contributed by atoms with E-state index in [1.807, 2.05) is 0 Å². The fourth-order valence-electron chi connectivity index (χ4n) is 1.65. The normalized spacial score (nSPS) is 10.4. The topological polar surface area (TPSA) is 68.3 Å². The zero-order chi connectivity index (χ0) is 13.9. The van der Waals surface area contributed by atoms with Crippen molar-refractivity contribution in [2.75, 3.05) is 5.32 Å². The second-order valence-corrected chi connectivity index (χ2v) is 4.01. The molecule has 20 heavy (non-hydrogen) atoms. The fraction of sp³-hybridized carbons (Fsp3) is 0. The lowest BCUT2D eigenvalue weighted by molar-refractivity contribution is 0.101. The maximum atomic E-state index is 12.8. The summed E-state index contributed by atoms with van der Waals surface area (Å²) in [6, 6.07) is 10.3. The van der Waals surface area contributed by atoms with Crippen molar-refractivity contribution in [3.8, 4) is 11.5 Å². The minimum absolute atomic E-state index is 0.112. The van der Waals surface area contributed by atoms with E-state index in [0.29, 0.717) is 17.2 Å². The zero-order valence-corrected chi connectivity index (χ0v) is 10.2. The van der Waals surface area contributed by atoms with Crippen molar-refractivity contribution in [2.45, 2.75) is 0 Å². The Labute approximate surface area is 113 Å². The first-order valence-corrected chi connectivity index (χ1v) is 5.80. The smallest absolute Gasteiger partial charge is 0.277 e. The Hall–Kier alpha value is -2.89. The van der Waals surface area contributed by atoms with Crippen molar-refractivity contribution in [2.24, 2.45) is 0 Å². The molecule has 5 nitrogen and oxygen atoms in total. The first-order chi connectivity index (χ1) is 9.72. The average Bonchev–Trinajstić information content (AvgIpc) is 3.11. The van der Waals surface area contributed by atoms with Gasteiger partial charge in [0.15, 0.2) is 11.5 Å². The summed E-state index contributed by atoms with van der Waals surface area (Å²) in [6.07, 6.45) is 1.50. The standard InChI is InChI=1S/C14H9FN2O3/c15-9-3-5-10(6-4-9)16-14(18)11-8-13(20-17-11)12-2-1-7-19-12/h1-8H,(H,16,18). The minimum Gasteiger partial charge on any atom is -0.461 e. The number of aromatic nitrogens is 1. The number of furan rings is 1. The minimum atomic E-state index is -0.446. The van der Waals surface area contributed by atoms with Gasteiger partial charge in [0.25, 0.3) is 5.91 Å². The summed E-state index contributed by atoms with van der Waals surface area (Å²) in [5, 5.41) is 6.25. The summed E-state index contributed by atoms with van der Waals surface area (Å²) in [5.41, 5.74) is 0.583. The third kappa shape index (κ3) is 2.44. The molecule has 1 amide bonds. The highest BCUT2D eigenvalue weighted by Gasteiger charge is 2.15. The van der Waals surface area contributed by atoms with E-state index >= 15 is 0 Å². The molecule has 3 rings (SSSR count). The van der Waals surface area contributed by atoms with Gasteiger partial charge >= 0.3 is 0 Å². The molecule has 0 saturated carbocycles. The third-order valence-electron chi connectivity index (χ3n) is 2.61. The van der Waals surface area contributed by atoms with Crippen LogP contribution in [0, 0.1) is 5.82 Å². The van der Waals surface area contributed by atoms with E-state index in [1.54, 1.807) is 12.1 Å². The number of hydrogen-bond donors (Lipinski definition) is 1. The molecular formula is C14H9FN2O3.